The first kappa shape index (κ1) is 23.1. The first-order valence-corrected chi connectivity index (χ1v) is 11.8. The molecule has 10 heteroatoms. The van der Waals surface area contributed by atoms with Crippen LogP contribution in [0.4, 0.5) is 10.2 Å². The third-order valence-corrected chi connectivity index (χ3v) is 6.58. The number of carbonyl (C=O) groups is 2. The van der Waals surface area contributed by atoms with E-state index in [0.717, 1.165) is 29.8 Å². The van der Waals surface area contributed by atoms with Gasteiger partial charge in [0, 0.05) is 25.6 Å². The molecular weight excluding hydrogens is 451 g/mol. The number of benzene rings is 1. The summed E-state index contributed by atoms with van der Waals surface area (Å²) in [5, 5.41) is 20.7. The van der Waals surface area contributed by atoms with Crippen LogP contribution in [-0.2, 0) is 24.2 Å². The molecule has 2 aromatic heterocycles. The maximum Gasteiger partial charge on any atom is 0.259 e. The molecule has 4 heterocycles. The molecule has 9 nitrogen and oxygen atoms in total. The van der Waals surface area contributed by atoms with Gasteiger partial charge in [-0.3, -0.25) is 9.59 Å². The SMILES string of the molecule is C[C@H](O)CC(=O)N1CCc2cc(F)c(C(=O)Nc3cccc(-c4nnc5n4[C@@H](C)CC5)n3)cc2C1. The van der Waals surface area contributed by atoms with Crippen molar-refractivity contribution >= 4 is 17.6 Å². The molecule has 182 valence electrons. The van der Waals surface area contributed by atoms with E-state index in [1.54, 1.807) is 30.0 Å². The highest BCUT2D eigenvalue weighted by Crippen LogP contribution is 2.30. The van der Waals surface area contributed by atoms with Crippen molar-refractivity contribution in [2.24, 2.45) is 0 Å². The quantitative estimate of drug-likeness (QED) is 0.583. The number of halogens is 1. The highest BCUT2D eigenvalue weighted by Gasteiger charge is 2.26. The van der Waals surface area contributed by atoms with Crippen LogP contribution in [-0.4, -0.2) is 54.2 Å². The summed E-state index contributed by atoms with van der Waals surface area (Å²) < 4.78 is 16.9. The summed E-state index contributed by atoms with van der Waals surface area (Å²) in [7, 11) is 0. The molecule has 0 radical (unpaired) electrons. The van der Waals surface area contributed by atoms with Crippen molar-refractivity contribution < 1.29 is 19.1 Å². The third kappa shape index (κ3) is 4.53. The number of carbonyl (C=O) groups excluding carboxylic acids is 2. The van der Waals surface area contributed by atoms with Gasteiger partial charge in [-0.15, -0.1) is 10.2 Å². The van der Waals surface area contributed by atoms with E-state index < -0.39 is 17.8 Å². The summed E-state index contributed by atoms with van der Waals surface area (Å²) in [5.41, 5.74) is 1.96. The van der Waals surface area contributed by atoms with Gasteiger partial charge < -0.3 is 19.9 Å². The summed E-state index contributed by atoms with van der Waals surface area (Å²) >= 11 is 0. The van der Waals surface area contributed by atoms with Crippen LogP contribution in [0.15, 0.2) is 30.3 Å². The number of fused-ring (bicyclic) bond motifs is 2. The molecule has 3 aromatic rings. The first-order chi connectivity index (χ1) is 16.8. The average molecular weight is 479 g/mol. The molecule has 2 aliphatic rings. The summed E-state index contributed by atoms with van der Waals surface area (Å²) in [4.78, 5) is 31.5. The Bertz CT molecular complexity index is 1300. The third-order valence-electron chi connectivity index (χ3n) is 6.58. The van der Waals surface area contributed by atoms with Gasteiger partial charge in [0.2, 0.25) is 5.91 Å². The number of rotatable bonds is 5. The largest absolute Gasteiger partial charge is 0.393 e. The topological polar surface area (TPSA) is 113 Å². The maximum atomic E-state index is 14.8. The van der Waals surface area contributed by atoms with Gasteiger partial charge in [0.05, 0.1) is 18.1 Å². The highest BCUT2D eigenvalue weighted by atomic mass is 19.1. The van der Waals surface area contributed by atoms with Crippen LogP contribution in [0.5, 0.6) is 0 Å². The molecule has 2 aliphatic heterocycles. The van der Waals surface area contributed by atoms with Gasteiger partial charge in [0.15, 0.2) is 5.82 Å². The molecule has 2 atom stereocenters. The summed E-state index contributed by atoms with van der Waals surface area (Å²) in [5.74, 6) is 0.425. The molecule has 5 rings (SSSR count). The standard InChI is InChI=1S/C25H27FN6O3/c1-14-6-7-22-29-30-24(32(14)22)20-4-3-5-21(27-20)28-25(35)18-11-17-13-31(23(34)10-15(2)33)9-8-16(17)12-19(18)26/h3-5,11-12,14-15,33H,6-10,13H2,1-2H3,(H,27,28,35)/t14-,15-/m0/s1. The molecule has 0 saturated heterocycles. The summed E-state index contributed by atoms with van der Waals surface area (Å²) in [6, 6.07) is 8.33. The van der Waals surface area contributed by atoms with E-state index in [0.29, 0.717) is 24.5 Å². The number of anilines is 1. The van der Waals surface area contributed by atoms with Crippen molar-refractivity contribution in [3.05, 3.63) is 58.7 Å². The van der Waals surface area contributed by atoms with Crippen LogP contribution < -0.4 is 5.32 Å². The van der Waals surface area contributed by atoms with Gasteiger partial charge in [-0.25, -0.2) is 9.37 Å². The Hall–Kier alpha value is -3.66. The van der Waals surface area contributed by atoms with E-state index in [1.165, 1.54) is 12.1 Å². The molecule has 2 amide bonds. The predicted octanol–water partition coefficient (Wildman–Crippen LogP) is 2.89. The molecule has 0 saturated carbocycles. The monoisotopic (exact) mass is 478 g/mol. The minimum Gasteiger partial charge on any atom is -0.393 e. The molecule has 35 heavy (non-hydrogen) atoms. The molecule has 0 spiro atoms. The molecule has 1 aromatic carbocycles. The molecule has 0 bridgehead atoms. The van der Waals surface area contributed by atoms with E-state index in [2.05, 4.69) is 32.0 Å². The lowest BCUT2D eigenvalue weighted by molar-refractivity contribution is -0.133. The summed E-state index contributed by atoms with van der Waals surface area (Å²) in [6.07, 6.45) is 1.64. The lowest BCUT2D eigenvalue weighted by atomic mass is 9.96. The lowest BCUT2D eigenvalue weighted by Gasteiger charge is -2.29. The zero-order chi connectivity index (χ0) is 24.7. The van der Waals surface area contributed by atoms with Crippen molar-refractivity contribution in [3.63, 3.8) is 0 Å². The number of amides is 2. The van der Waals surface area contributed by atoms with Crippen LogP contribution in [0.1, 0.15) is 60.0 Å². The number of hydrogen-bond acceptors (Lipinski definition) is 6. The van der Waals surface area contributed by atoms with Crippen LogP contribution in [0.25, 0.3) is 11.5 Å². The number of aromatic nitrogens is 4. The number of pyridine rings is 1. The van der Waals surface area contributed by atoms with E-state index in [9.17, 15) is 19.1 Å². The fraction of sp³-hybridized carbons (Fsp3) is 0.400. The number of hydrogen-bond donors (Lipinski definition) is 2. The number of aliphatic hydroxyl groups excluding tert-OH is 1. The fourth-order valence-corrected chi connectivity index (χ4v) is 4.76. The van der Waals surface area contributed by atoms with Crippen LogP contribution in [0.3, 0.4) is 0 Å². The van der Waals surface area contributed by atoms with Gasteiger partial charge in [-0.2, -0.15) is 0 Å². The first-order valence-electron chi connectivity index (χ1n) is 11.8. The van der Waals surface area contributed by atoms with Crippen LogP contribution in [0.2, 0.25) is 0 Å². The molecule has 0 aliphatic carbocycles. The minimum atomic E-state index is -0.733. The Morgan fingerprint density at radius 1 is 1.23 bits per heavy atom. The van der Waals surface area contributed by atoms with Gasteiger partial charge >= 0.3 is 0 Å². The molecule has 0 fully saturated rings. The van der Waals surface area contributed by atoms with Crippen molar-refractivity contribution in [2.75, 3.05) is 11.9 Å². The van der Waals surface area contributed by atoms with E-state index in [-0.39, 0.29) is 36.3 Å². The lowest BCUT2D eigenvalue weighted by Crippen LogP contribution is -2.37. The number of aryl methyl sites for hydroxylation is 1. The second-order valence-corrected chi connectivity index (χ2v) is 9.28. The van der Waals surface area contributed by atoms with Gasteiger partial charge in [-0.05, 0) is 62.1 Å². The van der Waals surface area contributed by atoms with Crippen molar-refractivity contribution in [1.29, 1.82) is 0 Å². The Labute approximate surface area is 202 Å². The molecule has 0 unspecified atom stereocenters. The average Bonchev–Trinajstić information content (AvgIpc) is 3.41. The Morgan fingerprint density at radius 3 is 2.86 bits per heavy atom. The molecular formula is C25H27FN6O3. The van der Waals surface area contributed by atoms with E-state index >= 15 is 0 Å². The van der Waals surface area contributed by atoms with E-state index in [1.807, 2.05) is 0 Å². The van der Waals surface area contributed by atoms with Gasteiger partial charge in [-0.1, -0.05) is 6.07 Å². The fourth-order valence-electron chi connectivity index (χ4n) is 4.76. The predicted molar refractivity (Wildman–Crippen MR) is 126 cm³/mol. The molecule has 2 N–H and O–H groups in total. The van der Waals surface area contributed by atoms with Gasteiger partial charge in [0.1, 0.15) is 23.2 Å². The second kappa shape index (κ2) is 9.18. The number of aliphatic hydroxyl groups is 1. The van der Waals surface area contributed by atoms with Crippen LogP contribution in [0, 0.1) is 5.82 Å². The maximum absolute atomic E-state index is 14.8. The Balaban J connectivity index is 1.36. The minimum absolute atomic E-state index is 0.0277. The second-order valence-electron chi connectivity index (χ2n) is 9.28. The normalized spacial score (nSPS) is 17.6. The number of nitrogens with zero attached hydrogens (tertiary/aromatic N) is 5. The van der Waals surface area contributed by atoms with Crippen molar-refractivity contribution in [2.45, 2.75) is 58.2 Å². The number of nitrogens with one attached hydrogen (secondary N) is 1. The zero-order valence-corrected chi connectivity index (χ0v) is 19.7. The van der Waals surface area contributed by atoms with Crippen molar-refractivity contribution in [3.8, 4) is 11.5 Å². The Kier molecular flexibility index (Phi) is 6.06. The highest BCUT2D eigenvalue weighted by molar-refractivity contribution is 6.04. The van der Waals surface area contributed by atoms with Gasteiger partial charge in [0.25, 0.3) is 5.91 Å². The Morgan fingerprint density at radius 2 is 2.06 bits per heavy atom. The zero-order valence-electron chi connectivity index (χ0n) is 19.7. The van der Waals surface area contributed by atoms with E-state index in [4.69, 9.17) is 0 Å². The smallest absolute Gasteiger partial charge is 0.259 e. The van der Waals surface area contributed by atoms with Crippen molar-refractivity contribution in [1.82, 2.24) is 24.6 Å². The summed E-state index contributed by atoms with van der Waals surface area (Å²) in [6.45, 7) is 4.39. The van der Waals surface area contributed by atoms with Crippen LogP contribution >= 0.6 is 0 Å².